The first kappa shape index (κ1) is 17.1. The van der Waals surface area contributed by atoms with Gasteiger partial charge in [-0.05, 0) is 29.7 Å². The van der Waals surface area contributed by atoms with Crippen LogP contribution in [0.2, 0.25) is 0 Å². The fourth-order valence-corrected chi connectivity index (χ4v) is 1.97. The highest BCUT2D eigenvalue weighted by molar-refractivity contribution is 8.13. The van der Waals surface area contributed by atoms with Gasteiger partial charge < -0.3 is 4.84 Å². The van der Waals surface area contributed by atoms with Crippen LogP contribution in [0.15, 0.2) is 28.1 Å². The highest BCUT2D eigenvalue weighted by atomic mass is 32.2. The summed E-state index contributed by atoms with van der Waals surface area (Å²) in [6.07, 6.45) is -0.897. The molecule has 1 aromatic carbocycles. The number of rotatable bonds is 5. The number of aromatic nitrogens is 4. The first-order valence-corrected chi connectivity index (χ1v) is 7.78. The van der Waals surface area contributed by atoms with Crippen LogP contribution >= 0.6 is 11.8 Å². The number of halogens is 2. The Balaban J connectivity index is 2.48. The predicted molar refractivity (Wildman–Crippen MR) is 83.0 cm³/mol. The molecule has 0 unspecified atom stereocenters. The summed E-state index contributed by atoms with van der Waals surface area (Å²) in [6, 6.07) is 4.21. The van der Waals surface area contributed by atoms with Gasteiger partial charge in [0.1, 0.15) is 11.7 Å². The normalized spacial score (nSPS) is 12.0. The molecule has 0 N–H and O–H groups in total. The number of thioether (sulfide) groups is 1. The van der Waals surface area contributed by atoms with Crippen LogP contribution in [-0.4, -0.2) is 31.1 Å². The van der Waals surface area contributed by atoms with E-state index in [0.29, 0.717) is 5.04 Å². The van der Waals surface area contributed by atoms with Gasteiger partial charge in [0.25, 0.3) is 6.43 Å². The number of hydrogen-bond donors (Lipinski definition) is 0. The third-order valence-electron chi connectivity index (χ3n) is 3.07. The van der Waals surface area contributed by atoms with Gasteiger partial charge in [0, 0.05) is 18.2 Å². The molecular formula is C13H15F2N5O2S. The Labute approximate surface area is 134 Å². The topological polar surface area (TPSA) is 74.3 Å². The summed E-state index contributed by atoms with van der Waals surface area (Å²) in [5.74, 6) is 0. The van der Waals surface area contributed by atoms with Crippen molar-refractivity contribution < 1.29 is 13.6 Å². The van der Waals surface area contributed by atoms with Crippen LogP contribution in [0.4, 0.5) is 8.78 Å². The molecule has 0 aliphatic carbocycles. The molecule has 0 fully saturated rings. The molecule has 0 aliphatic rings. The summed E-state index contributed by atoms with van der Waals surface area (Å²) in [4.78, 5) is 17.1. The minimum Gasteiger partial charge on any atom is -0.390 e. The van der Waals surface area contributed by atoms with Crippen LogP contribution in [-0.2, 0) is 18.5 Å². The number of benzene rings is 1. The van der Waals surface area contributed by atoms with Crippen molar-refractivity contribution in [2.24, 2.45) is 12.2 Å². The number of aryl methyl sites for hydroxylation is 1. The fourth-order valence-electron chi connectivity index (χ4n) is 1.84. The lowest BCUT2D eigenvalue weighted by atomic mass is 10.1. The van der Waals surface area contributed by atoms with Crippen LogP contribution in [0.5, 0.6) is 0 Å². The quantitative estimate of drug-likeness (QED) is 0.472. The molecule has 0 amide bonds. The molecule has 7 nitrogen and oxygen atoms in total. The smallest absolute Gasteiger partial charge is 0.368 e. The average molecular weight is 343 g/mol. The highest BCUT2D eigenvalue weighted by Gasteiger charge is 2.20. The van der Waals surface area contributed by atoms with Gasteiger partial charge in [-0.25, -0.2) is 13.6 Å². The Morgan fingerprint density at radius 3 is 2.74 bits per heavy atom. The maximum absolute atomic E-state index is 13.3. The lowest BCUT2D eigenvalue weighted by molar-refractivity contribution is 0.119. The van der Waals surface area contributed by atoms with Gasteiger partial charge in [0.05, 0.1) is 5.69 Å². The Morgan fingerprint density at radius 1 is 1.43 bits per heavy atom. The summed E-state index contributed by atoms with van der Waals surface area (Å²) in [7, 11) is 1.42. The second-order valence-electron chi connectivity index (χ2n) is 4.53. The van der Waals surface area contributed by atoms with E-state index in [1.54, 1.807) is 6.92 Å². The third-order valence-corrected chi connectivity index (χ3v) is 3.74. The summed E-state index contributed by atoms with van der Waals surface area (Å²) >= 11 is 1.37. The zero-order chi connectivity index (χ0) is 17.0. The molecule has 23 heavy (non-hydrogen) atoms. The Hall–Kier alpha value is -2.23. The van der Waals surface area contributed by atoms with E-state index in [0.717, 1.165) is 9.36 Å². The van der Waals surface area contributed by atoms with E-state index < -0.39 is 12.1 Å². The molecule has 0 saturated heterocycles. The Kier molecular flexibility index (Phi) is 5.48. The zero-order valence-corrected chi connectivity index (χ0v) is 13.5. The molecule has 0 bridgehead atoms. The van der Waals surface area contributed by atoms with Gasteiger partial charge >= 0.3 is 5.69 Å². The third kappa shape index (κ3) is 3.76. The van der Waals surface area contributed by atoms with E-state index in [4.69, 9.17) is 4.84 Å². The molecule has 2 aromatic rings. The van der Waals surface area contributed by atoms with Crippen molar-refractivity contribution in [1.29, 1.82) is 0 Å². The minimum atomic E-state index is -2.72. The monoisotopic (exact) mass is 343 g/mol. The maximum atomic E-state index is 13.3. The Bertz CT molecular complexity index is 772. The second-order valence-corrected chi connectivity index (χ2v) is 5.53. The number of tetrazole rings is 1. The average Bonchev–Trinajstić information content (AvgIpc) is 2.86. The summed E-state index contributed by atoms with van der Waals surface area (Å²) in [5.41, 5.74) is -0.445. The number of nitrogens with zero attached hydrogens (tertiary/aromatic N) is 5. The largest absolute Gasteiger partial charge is 0.390 e. The van der Waals surface area contributed by atoms with Crippen LogP contribution in [0.25, 0.3) is 5.69 Å². The standard InChI is InChI=1S/C13H15F2N5O2S/c1-8(23-3)16-22-7-10-9(12(14)15)5-4-6-11(10)20-13(21)19(2)17-18-20/h4-6,12H,7H2,1-3H3. The fraction of sp³-hybridized carbons (Fsp3) is 0.385. The number of alkyl halides is 2. The van der Waals surface area contributed by atoms with Gasteiger partial charge in [-0.2, -0.15) is 9.36 Å². The summed E-state index contributed by atoms with van der Waals surface area (Å²) in [5, 5.41) is 11.7. The summed E-state index contributed by atoms with van der Waals surface area (Å²) in [6.45, 7) is 1.52. The zero-order valence-electron chi connectivity index (χ0n) is 12.7. The van der Waals surface area contributed by atoms with Crippen LogP contribution < -0.4 is 5.69 Å². The minimum absolute atomic E-state index is 0.141. The molecule has 0 saturated carbocycles. The lowest BCUT2D eigenvalue weighted by Gasteiger charge is -2.12. The molecule has 2 rings (SSSR count). The molecule has 0 spiro atoms. The second kappa shape index (κ2) is 7.36. The van der Waals surface area contributed by atoms with Crippen LogP contribution in [0.1, 0.15) is 24.5 Å². The van der Waals surface area contributed by atoms with Crippen molar-refractivity contribution in [3.63, 3.8) is 0 Å². The summed E-state index contributed by atoms with van der Waals surface area (Å²) < 4.78 is 28.5. The van der Waals surface area contributed by atoms with E-state index in [9.17, 15) is 13.6 Å². The Morgan fingerprint density at radius 2 is 2.17 bits per heavy atom. The van der Waals surface area contributed by atoms with Crippen molar-refractivity contribution >= 4 is 16.8 Å². The molecule has 1 heterocycles. The molecule has 0 atom stereocenters. The number of oxime groups is 1. The molecular weight excluding hydrogens is 328 g/mol. The predicted octanol–water partition coefficient (Wildman–Crippen LogP) is 2.12. The van der Waals surface area contributed by atoms with E-state index in [-0.39, 0.29) is 23.4 Å². The van der Waals surface area contributed by atoms with Gasteiger partial charge in [-0.3, -0.25) is 0 Å². The van der Waals surface area contributed by atoms with Gasteiger partial charge in [0.15, 0.2) is 0 Å². The highest BCUT2D eigenvalue weighted by Crippen LogP contribution is 2.27. The van der Waals surface area contributed by atoms with Crippen LogP contribution in [0, 0.1) is 0 Å². The molecule has 1 aromatic heterocycles. The van der Waals surface area contributed by atoms with Gasteiger partial charge in [0.2, 0.25) is 0 Å². The molecule has 0 aliphatic heterocycles. The van der Waals surface area contributed by atoms with E-state index in [2.05, 4.69) is 15.6 Å². The first-order chi connectivity index (χ1) is 11.0. The van der Waals surface area contributed by atoms with Crippen molar-refractivity contribution in [2.75, 3.05) is 6.26 Å². The molecule has 124 valence electrons. The maximum Gasteiger partial charge on any atom is 0.368 e. The van der Waals surface area contributed by atoms with E-state index in [1.807, 2.05) is 6.26 Å². The van der Waals surface area contributed by atoms with Gasteiger partial charge in [-0.1, -0.05) is 17.3 Å². The van der Waals surface area contributed by atoms with Crippen molar-refractivity contribution in [3.8, 4) is 5.69 Å². The SMILES string of the molecule is CSC(C)=NOCc1c(C(F)F)cccc1-n1nnn(C)c1=O. The van der Waals surface area contributed by atoms with E-state index >= 15 is 0 Å². The van der Waals surface area contributed by atoms with E-state index in [1.165, 1.54) is 37.0 Å². The van der Waals surface area contributed by atoms with Crippen molar-refractivity contribution in [2.45, 2.75) is 20.0 Å². The van der Waals surface area contributed by atoms with Crippen molar-refractivity contribution in [1.82, 2.24) is 19.8 Å². The van der Waals surface area contributed by atoms with Gasteiger partial charge in [-0.15, -0.1) is 11.8 Å². The first-order valence-electron chi connectivity index (χ1n) is 6.55. The number of hydrogen-bond acceptors (Lipinski definition) is 6. The van der Waals surface area contributed by atoms with Crippen molar-refractivity contribution in [3.05, 3.63) is 39.8 Å². The molecule has 0 radical (unpaired) electrons. The lowest BCUT2D eigenvalue weighted by Crippen LogP contribution is -2.23. The molecule has 10 heteroatoms. The van der Waals surface area contributed by atoms with Crippen LogP contribution in [0.3, 0.4) is 0 Å².